The Hall–Kier alpha value is -0.620. The summed E-state index contributed by atoms with van der Waals surface area (Å²) in [6, 6.07) is 0. The van der Waals surface area contributed by atoms with Crippen LogP contribution in [0.4, 0.5) is 4.79 Å². The van der Waals surface area contributed by atoms with Gasteiger partial charge in [-0.05, 0) is 6.92 Å². The van der Waals surface area contributed by atoms with Crippen LogP contribution in [0.25, 0.3) is 0 Å². The Morgan fingerprint density at radius 2 is 2.06 bits per heavy atom. The average Bonchev–Trinajstić information content (AvgIpc) is 2.29. The van der Waals surface area contributed by atoms with E-state index >= 15 is 0 Å². The summed E-state index contributed by atoms with van der Waals surface area (Å²) >= 11 is 3.13. The summed E-state index contributed by atoms with van der Waals surface area (Å²) in [6.45, 7) is 2.97. The number of hydrogen-bond donors (Lipinski definition) is 1. The van der Waals surface area contributed by atoms with Crippen molar-refractivity contribution in [2.24, 2.45) is 0 Å². The fourth-order valence-electron chi connectivity index (χ4n) is 1.68. The Balaban J connectivity index is 2.70. The van der Waals surface area contributed by atoms with Gasteiger partial charge >= 0.3 is 6.09 Å². The predicted octanol–water partition coefficient (Wildman–Crippen LogP) is 1.25. The first-order chi connectivity index (χ1) is 7.64. The van der Waals surface area contributed by atoms with E-state index in [2.05, 4.69) is 21.2 Å². The lowest BCUT2D eigenvalue weighted by atomic mass is 9.86. The first kappa shape index (κ1) is 13.4. The molecule has 0 aromatic heterocycles. The second-order valence-corrected chi connectivity index (χ2v) is 4.16. The van der Waals surface area contributed by atoms with Gasteiger partial charge < -0.3 is 14.8 Å². The number of hydrogen-bond acceptors (Lipinski definition) is 4. The van der Waals surface area contributed by atoms with Gasteiger partial charge in [0.25, 0.3) is 0 Å². The maximum atomic E-state index is 11.9. The van der Waals surface area contributed by atoms with Crippen LogP contribution in [0.3, 0.4) is 0 Å². The number of carbonyl (C=O) groups is 2. The molecular weight excluding hydrogens is 278 g/mol. The van der Waals surface area contributed by atoms with Crippen molar-refractivity contribution in [3.63, 3.8) is 0 Å². The van der Waals surface area contributed by atoms with Crippen LogP contribution in [0.1, 0.15) is 19.8 Å². The average molecular weight is 294 g/mol. The Morgan fingerprint density at radius 1 is 1.44 bits per heavy atom. The molecule has 92 valence electrons. The number of rotatable bonds is 4. The zero-order chi connectivity index (χ0) is 12.0. The molecule has 0 saturated carbocycles. The quantitative estimate of drug-likeness (QED) is 0.792. The van der Waals surface area contributed by atoms with Crippen molar-refractivity contribution < 1.29 is 19.1 Å². The second kappa shape index (κ2) is 6.20. The Bertz CT molecular complexity index is 264. The lowest BCUT2D eigenvalue weighted by molar-refractivity contribution is -0.126. The molecule has 1 aliphatic rings. The van der Waals surface area contributed by atoms with Gasteiger partial charge in [0.05, 0.1) is 11.9 Å². The highest BCUT2D eigenvalue weighted by Gasteiger charge is 2.40. The Labute approximate surface area is 103 Å². The van der Waals surface area contributed by atoms with Gasteiger partial charge in [0.1, 0.15) is 5.54 Å². The van der Waals surface area contributed by atoms with Gasteiger partial charge in [-0.2, -0.15) is 0 Å². The fraction of sp³-hybridized carbons (Fsp3) is 0.800. The summed E-state index contributed by atoms with van der Waals surface area (Å²) in [7, 11) is 0. The molecule has 1 fully saturated rings. The molecule has 6 heteroatoms. The molecule has 0 aromatic rings. The third-order valence-electron chi connectivity index (χ3n) is 2.62. The van der Waals surface area contributed by atoms with Crippen molar-refractivity contribution in [1.29, 1.82) is 0 Å². The molecular formula is C10H16BrNO4. The first-order valence-electron chi connectivity index (χ1n) is 5.26. The smallest absolute Gasteiger partial charge is 0.407 e. The van der Waals surface area contributed by atoms with Gasteiger partial charge in [0.2, 0.25) is 0 Å². The van der Waals surface area contributed by atoms with Gasteiger partial charge in [-0.3, -0.25) is 4.79 Å². The van der Waals surface area contributed by atoms with Crippen LogP contribution in [-0.4, -0.2) is 42.6 Å². The van der Waals surface area contributed by atoms with E-state index in [4.69, 9.17) is 9.47 Å². The predicted molar refractivity (Wildman–Crippen MR) is 61.7 cm³/mol. The number of alkyl carbamates (subject to hydrolysis) is 1. The summed E-state index contributed by atoms with van der Waals surface area (Å²) in [5.74, 6) is -0.0381. The number of ketones is 1. The van der Waals surface area contributed by atoms with Crippen molar-refractivity contribution in [3.8, 4) is 0 Å². The summed E-state index contributed by atoms with van der Waals surface area (Å²) < 4.78 is 10.0. The van der Waals surface area contributed by atoms with Gasteiger partial charge in [-0.25, -0.2) is 4.79 Å². The standard InChI is InChI=1S/C10H16BrNO4/c1-2-16-9(14)12-10(8(13)7-11)3-5-15-6-4-10/h2-7H2,1H3,(H,12,14). The topological polar surface area (TPSA) is 64.6 Å². The van der Waals surface area contributed by atoms with E-state index in [1.54, 1.807) is 6.92 Å². The highest BCUT2D eigenvalue weighted by Crippen LogP contribution is 2.23. The lowest BCUT2D eigenvalue weighted by Crippen LogP contribution is -2.58. The van der Waals surface area contributed by atoms with Crippen molar-refractivity contribution in [2.75, 3.05) is 25.2 Å². The van der Waals surface area contributed by atoms with Crippen molar-refractivity contribution in [2.45, 2.75) is 25.3 Å². The highest BCUT2D eigenvalue weighted by molar-refractivity contribution is 9.09. The molecule has 0 aliphatic carbocycles. The number of alkyl halides is 1. The number of nitrogens with one attached hydrogen (secondary N) is 1. The minimum absolute atomic E-state index is 0.0381. The minimum atomic E-state index is -0.825. The molecule has 1 heterocycles. The van der Waals surface area contributed by atoms with Gasteiger partial charge in [-0.15, -0.1) is 0 Å². The van der Waals surface area contributed by atoms with Crippen LogP contribution >= 0.6 is 15.9 Å². The van der Waals surface area contributed by atoms with Gasteiger partial charge in [-0.1, -0.05) is 15.9 Å². The van der Waals surface area contributed by atoms with E-state index < -0.39 is 11.6 Å². The van der Waals surface area contributed by atoms with Crippen LogP contribution in [0.15, 0.2) is 0 Å². The molecule has 1 aliphatic heterocycles. The van der Waals surface area contributed by atoms with Crippen LogP contribution in [-0.2, 0) is 14.3 Å². The summed E-state index contributed by atoms with van der Waals surface area (Å²) in [6.07, 6.45) is 0.450. The Morgan fingerprint density at radius 3 is 2.56 bits per heavy atom. The van der Waals surface area contributed by atoms with Crippen LogP contribution < -0.4 is 5.32 Å². The third-order valence-corrected chi connectivity index (χ3v) is 3.13. The number of Topliss-reactive ketones (excluding diaryl/α,β-unsaturated/α-hetero) is 1. The van der Waals surface area contributed by atoms with E-state index in [1.807, 2.05) is 0 Å². The molecule has 1 rings (SSSR count). The second-order valence-electron chi connectivity index (χ2n) is 3.60. The fourth-order valence-corrected chi connectivity index (χ4v) is 2.22. The maximum Gasteiger partial charge on any atom is 0.407 e. The van der Waals surface area contributed by atoms with E-state index in [0.717, 1.165) is 0 Å². The summed E-state index contributed by atoms with van der Waals surface area (Å²) in [5.41, 5.74) is -0.825. The molecule has 0 spiro atoms. The molecule has 1 saturated heterocycles. The molecule has 0 atom stereocenters. The monoisotopic (exact) mass is 293 g/mol. The van der Waals surface area contributed by atoms with Crippen molar-refractivity contribution in [3.05, 3.63) is 0 Å². The first-order valence-corrected chi connectivity index (χ1v) is 6.38. The number of amides is 1. The van der Waals surface area contributed by atoms with Crippen LogP contribution in [0, 0.1) is 0 Å². The normalized spacial score (nSPS) is 18.9. The minimum Gasteiger partial charge on any atom is -0.450 e. The molecule has 16 heavy (non-hydrogen) atoms. The van der Waals surface area contributed by atoms with Gasteiger partial charge in [0.15, 0.2) is 5.78 Å². The SMILES string of the molecule is CCOC(=O)NC1(C(=O)CBr)CCOCC1. The number of halogens is 1. The summed E-state index contributed by atoms with van der Waals surface area (Å²) in [5, 5.41) is 2.88. The van der Waals surface area contributed by atoms with E-state index in [-0.39, 0.29) is 11.1 Å². The van der Waals surface area contributed by atoms with Crippen molar-refractivity contribution >= 4 is 27.8 Å². The zero-order valence-electron chi connectivity index (χ0n) is 9.25. The van der Waals surface area contributed by atoms with E-state index in [1.165, 1.54) is 0 Å². The largest absolute Gasteiger partial charge is 0.450 e. The molecule has 0 bridgehead atoms. The number of carbonyl (C=O) groups excluding carboxylic acids is 2. The molecule has 1 N–H and O–H groups in total. The van der Waals surface area contributed by atoms with Crippen molar-refractivity contribution in [1.82, 2.24) is 5.32 Å². The summed E-state index contributed by atoms with van der Waals surface area (Å²) in [4.78, 5) is 23.3. The lowest BCUT2D eigenvalue weighted by Gasteiger charge is -2.35. The number of ether oxygens (including phenoxy) is 2. The third kappa shape index (κ3) is 3.18. The molecule has 0 aromatic carbocycles. The van der Waals surface area contributed by atoms with Crippen LogP contribution in [0.2, 0.25) is 0 Å². The highest BCUT2D eigenvalue weighted by atomic mass is 79.9. The van der Waals surface area contributed by atoms with Gasteiger partial charge in [0, 0.05) is 26.1 Å². The maximum absolute atomic E-state index is 11.9. The molecule has 1 amide bonds. The molecule has 5 nitrogen and oxygen atoms in total. The van der Waals surface area contributed by atoms with Crippen LogP contribution in [0.5, 0.6) is 0 Å². The molecule has 0 unspecified atom stereocenters. The Kier molecular flexibility index (Phi) is 5.21. The molecule has 0 radical (unpaired) electrons. The zero-order valence-corrected chi connectivity index (χ0v) is 10.8. The van der Waals surface area contributed by atoms with E-state index in [9.17, 15) is 9.59 Å². The van der Waals surface area contributed by atoms with E-state index in [0.29, 0.717) is 32.7 Å².